The summed E-state index contributed by atoms with van der Waals surface area (Å²) < 4.78 is 0. The van der Waals surface area contributed by atoms with Crippen molar-refractivity contribution in [3.8, 4) is 77.9 Å². The van der Waals surface area contributed by atoms with Gasteiger partial charge in [-0.15, -0.1) is 0 Å². The monoisotopic (exact) mass is 1680 g/mol. The molecule has 2 spiro atoms. The number of anilines is 6. The molecule has 0 amide bonds. The molecule has 25 rings (SSSR count). The molecule has 620 valence electrons. The molecule has 132 heavy (non-hydrogen) atoms. The fourth-order valence-electron chi connectivity index (χ4n) is 22.9. The fourth-order valence-corrected chi connectivity index (χ4v) is 22.9. The molecule has 21 aromatic carbocycles. The zero-order valence-corrected chi connectivity index (χ0v) is 72.9. The van der Waals surface area contributed by atoms with Crippen molar-refractivity contribution in [1.29, 1.82) is 0 Å². The average molecular weight is 1680 g/mol. The Bertz CT molecular complexity index is 7450. The third-order valence-corrected chi connectivity index (χ3v) is 28.5. The minimum Gasteiger partial charge on any atom is -0.311 e. The number of hydrogen-bond acceptors (Lipinski definition) is 2. The van der Waals surface area contributed by atoms with Gasteiger partial charge in [0.05, 0.1) is 21.7 Å². The van der Waals surface area contributed by atoms with Gasteiger partial charge >= 0.3 is 0 Å². The van der Waals surface area contributed by atoms with Crippen LogP contribution in [0.2, 0.25) is 0 Å². The normalized spacial score (nSPS) is 13.5. The molecule has 0 saturated heterocycles. The molecule has 4 aliphatic rings. The fraction of sp³-hybridized carbons (Fsp3) is 0.0308. The molecule has 4 aliphatic carbocycles. The lowest BCUT2D eigenvalue weighted by Gasteiger charge is -2.50. The van der Waals surface area contributed by atoms with Crippen molar-refractivity contribution in [2.75, 3.05) is 9.80 Å². The van der Waals surface area contributed by atoms with E-state index < -0.39 is 21.7 Å². The Morgan fingerprint density at radius 1 is 0.106 bits per heavy atom. The van der Waals surface area contributed by atoms with Crippen LogP contribution in [0.3, 0.4) is 0 Å². The van der Waals surface area contributed by atoms with Crippen LogP contribution in [0, 0.1) is 0 Å². The highest BCUT2D eigenvalue weighted by Crippen LogP contribution is 2.68. The van der Waals surface area contributed by atoms with Gasteiger partial charge in [-0.1, -0.05) is 467 Å². The SMILES string of the molecule is c1ccc(-c2ccc(N(c3ccc(-c4ccccc4)cc3)c3ccc(-c4ccc5c(c4)-c4ccccc4C54c5ccccc5C(c5ccccc5)(c5ccccc5)c5ccccc54)cc3)cc2)cc1.c1ccc(-c2ccc(N(c3ccc(-c4ccccc4)cc3)c3ccc4c(c3)-c3ccccc3C43c4ccccc4C(c4ccccc4)(c4ccccc4)c4ccccc43)cc2)cc1. The summed E-state index contributed by atoms with van der Waals surface area (Å²) in [6.45, 7) is 0. The van der Waals surface area contributed by atoms with Crippen molar-refractivity contribution in [3.63, 3.8) is 0 Å². The van der Waals surface area contributed by atoms with E-state index in [0.717, 1.165) is 34.1 Å². The van der Waals surface area contributed by atoms with Crippen LogP contribution in [-0.4, -0.2) is 0 Å². The topological polar surface area (TPSA) is 6.48 Å². The summed E-state index contributed by atoms with van der Waals surface area (Å²) in [5, 5.41) is 0. The third kappa shape index (κ3) is 12.5. The summed E-state index contributed by atoms with van der Waals surface area (Å²) in [6, 6.07) is 202. The highest BCUT2D eigenvalue weighted by Gasteiger charge is 2.59. The van der Waals surface area contributed by atoms with Gasteiger partial charge in [-0.25, -0.2) is 0 Å². The first-order valence-corrected chi connectivity index (χ1v) is 45.9. The average Bonchev–Trinajstić information content (AvgIpc) is 1.42. The highest BCUT2D eigenvalue weighted by atomic mass is 15.1. The maximum atomic E-state index is 2.45. The third-order valence-electron chi connectivity index (χ3n) is 28.5. The summed E-state index contributed by atoms with van der Waals surface area (Å²) in [7, 11) is 0. The van der Waals surface area contributed by atoms with Crippen LogP contribution in [0.5, 0.6) is 0 Å². The molecular formula is C130H90N2. The van der Waals surface area contributed by atoms with Gasteiger partial charge in [0.1, 0.15) is 0 Å². The molecule has 0 fully saturated rings. The molecular weight excluding hydrogens is 1590 g/mol. The smallest absolute Gasteiger partial charge is 0.0720 e. The van der Waals surface area contributed by atoms with Crippen molar-refractivity contribution in [2.45, 2.75) is 21.7 Å². The zero-order valence-electron chi connectivity index (χ0n) is 72.9. The molecule has 0 radical (unpaired) electrons. The van der Waals surface area contributed by atoms with Gasteiger partial charge in [-0.2, -0.15) is 0 Å². The van der Waals surface area contributed by atoms with Crippen LogP contribution in [0.15, 0.2) is 546 Å². The van der Waals surface area contributed by atoms with E-state index in [4.69, 9.17) is 0 Å². The summed E-state index contributed by atoms with van der Waals surface area (Å²) in [5.41, 5.74) is 42.4. The first-order valence-electron chi connectivity index (χ1n) is 45.9. The van der Waals surface area contributed by atoms with E-state index in [1.807, 2.05) is 0 Å². The van der Waals surface area contributed by atoms with Crippen molar-refractivity contribution >= 4 is 34.1 Å². The predicted molar refractivity (Wildman–Crippen MR) is 548 cm³/mol. The van der Waals surface area contributed by atoms with Crippen molar-refractivity contribution in [2.24, 2.45) is 0 Å². The Labute approximate surface area is 773 Å². The summed E-state index contributed by atoms with van der Waals surface area (Å²) >= 11 is 0. The molecule has 0 unspecified atom stereocenters. The second-order valence-electron chi connectivity index (χ2n) is 35.1. The molecule has 2 heteroatoms. The second kappa shape index (κ2) is 32.8. The number of fused-ring (bicyclic) bond motifs is 18. The lowest BCUT2D eigenvalue weighted by molar-refractivity contribution is 0.623. The van der Waals surface area contributed by atoms with Crippen LogP contribution in [-0.2, 0) is 21.7 Å². The van der Waals surface area contributed by atoms with E-state index in [9.17, 15) is 0 Å². The van der Waals surface area contributed by atoms with Crippen LogP contribution in [0.25, 0.3) is 77.9 Å². The lowest BCUT2D eigenvalue weighted by Crippen LogP contribution is -2.44. The Balaban J connectivity index is 0.000000146. The minimum atomic E-state index is -0.551. The van der Waals surface area contributed by atoms with E-state index in [-0.39, 0.29) is 0 Å². The predicted octanol–water partition coefficient (Wildman–Crippen LogP) is 32.8. The first-order chi connectivity index (χ1) is 65.5. The Morgan fingerprint density at radius 2 is 0.280 bits per heavy atom. The van der Waals surface area contributed by atoms with Gasteiger partial charge in [0, 0.05) is 34.1 Å². The molecule has 0 aromatic heterocycles. The van der Waals surface area contributed by atoms with Crippen LogP contribution in [0.1, 0.15) is 89.0 Å². The maximum absolute atomic E-state index is 2.45. The van der Waals surface area contributed by atoms with Crippen LogP contribution in [0.4, 0.5) is 34.1 Å². The van der Waals surface area contributed by atoms with Gasteiger partial charge in [0.2, 0.25) is 0 Å². The maximum Gasteiger partial charge on any atom is 0.0720 e. The summed E-state index contributed by atoms with van der Waals surface area (Å²) in [6.07, 6.45) is 0. The largest absolute Gasteiger partial charge is 0.311 e. The van der Waals surface area contributed by atoms with Crippen molar-refractivity contribution in [3.05, 3.63) is 635 Å². The molecule has 0 atom stereocenters. The molecule has 0 aliphatic heterocycles. The van der Waals surface area contributed by atoms with E-state index >= 15 is 0 Å². The van der Waals surface area contributed by atoms with Crippen molar-refractivity contribution in [1.82, 2.24) is 0 Å². The quantitative estimate of drug-likeness (QED) is 0.101. The Hall–Kier alpha value is -16.8. The van der Waals surface area contributed by atoms with E-state index in [0.29, 0.717) is 0 Å². The standard InChI is InChI=1S/C68H47N.C62H43N/c1-5-19-48(20-6-1)50-33-40-56(41-34-50)69(57-42-35-51(36-43-57)49-21-7-2-8-22-49)58-44-37-52(38-45-58)53-39-46-62-60(47-53)59-27-13-14-28-61(59)68(62)65-31-17-15-29-63(65)67(54-23-9-3-10-24-54,55-25-11-4-12-26-55)64-30-16-18-32-66(64)68;1-5-19-44(20-6-1)46-33-37-50(38-34-46)63(51-39-35-47(36-40-51)45-21-7-2-8-22-45)52-41-42-56-54(43-52)53-27-13-14-28-55(53)62(56)59-31-17-15-29-57(59)61(48-23-9-3-10-24-48,49-25-11-4-12-26-49)58-30-16-18-32-60(58)62/h1-47H;1-43H. The van der Waals surface area contributed by atoms with Crippen molar-refractivity contribution < 1.29 is 0 Å². The molecule has 0 heterocycles. The van der Waals surface area contributed by atoms with Gasteiger partial charge in [-0.05, 0) is 246 Å². The Morgan fingerprint density at radius 3 is 0.553 bits per heavy atom. The van der Waals surface area contributed by atoms with Gasteiger partial charge in [-0.3, -0.25) is 0 Å². The molecule has 0 saturated carbocycles. The molecule has 0 N–H and O–H groups in total. The highest BCUT2D eigenvalue weighted by molar-refractivity contribution is 5.96. The zero-order chi connectivity index (χ0) is 87.6. The number of nitrogens with zero attached hydrogens (tertiary/aromatic N) is 2. The molecule has 2 nitrogen and oxygen atoms in total. The minimum absolute atomic E-state index is 0.526. The Kier molecular flexibility index (Phi) is 19.6. The van der Waals surface area contributed by atoms with Gasteiger partial charge in [0.25, 0.3) is 0 Å². The van der Waals surface area contributed by atoms with Gasteiger partial charge < -0.3 is 9.80 Å². The molecule has 0 bridgehead atoms. The number of hydrogen-bond donors (Lipinski definition) is 0. The van der Waals surface area contributed by atoms with Crippen LogP contribution < -0.4 is 9.80 Å². The van der Waals surface area contributed by atoms with E-state index in [1.54, 1.807) is 0 Å². The first kappa shape index (κ1) is 78.7. The summed E-state index contributed by atoms with van der Waals surface area (Å²) in [5.74, 6) is 0. The summed E-state index contributed by atoms with van der Waals surface area (Å²) in [4.78, 5) is 4.77. The second-order valence-corrected chi connectivity index (χ2v) is 35.1. The van der Waals surface area contributed by atoms with Crippen LogP contribution >= 0.6 is 0 Å². The van der Waals surface area contributed by atoms with E-state index in [2.05, 4.69) is 556 Å². The molecule has 21 aromatic rings. The van der Waals surface area contributed by atoms with E-state index in [1.165, 1.54) is 167 Å². The van der Waals surface area contributed by atoms with Gasteiger partial charge in [0.15, 0.2) is 0 Å². The number of benzene rings is 21. The lowest BCUT2D eigenvalue weighted by atomic mass is 9.51. The number of rotatable bonds is 15.